The maximum atomic E-state index is 12.0. The summed E-state index contributed by atoms with van der Waals surface area (Å²) in [5.74, 6) is 0. The molecule has 0 fully saturated rings. The fourth-order valence-electron chi connectivity index (χ4n) is 1.58. The van der Waals surface area contributed by atoms with Crippen LogP contribution in [0.25, 0.3) is 0 Å². The second kappa shape index (κ2) is 5.75. The van der Waals surface area contributed by atoms with E-state index in [0.29, 0.717) is 5.69 Å². The van der Waals surface area contributed by atoms with Crippen molar-refractivity contribution in [2.24, 2.45) is 5.10 Å². The molecule has 2 aromatic rings. The quantitative estimate of drug-likeness (QED) is 0.512. The van der Waals surface area contributed by atoms with Crippen LogP contribution in [0.15, 0.2) is 58.5 Å². The number of nitrogens with one attached hydrogen (secondary N) is 1. The summed E-state index contributed by atoms with van der Waals surface area (Å²) >= 11 is 0. The third kappa shape index (κ3) is 3.58. The third-order valence-corrected chi connectivity index (χ3v) is 3.87. The van der Waals surface area contributed by atoms with Crippen molar-refractivity contribution in [2.45, 2.75) is 11.8 Å². The predicted octanol–water partition coefficient (Wildman–Crippen LogP) is 1.89. The maximum absolute atomic E-state index is 12.0. The summed E-state index contributed by atoms with van der Waals surface area (Å²) in [5, 5.41) is 3.73. The van der Waals surface area contributed by atoms with E-state index in [4.69, 9.17) is 5.73 Å². The maximum Gasteiger partial charge on any atom is 0.276 e. The van der Waals surface area contributed by atoms with Gasteiger partial charge in [-0.1, -0.05) is 29.8 Å². The Morgan fingerprint density at radius 3 is 2.50 bits per heavy atom. The van der Waals surface area contributed by atoms with Gasteiger partial charge in [-0.3, -0.25) is 0 Å². The van der Waals surface area contributed by atoms with Crippen LogP contribution in [0, 0.1) is 6.92 Å². The zero-order valence-corrected chi connectivity index (χ0v) is 11.8. The van der Waals surface area contributed by atoms with Crippen LogP contribution in [0.4, 0.5) is 5.69 Å². The Kier molecular flexibility index (Phi) is 4.05. The molecule has 0 bridgehead atoms. The minimum atomic E-state index is -3.64. The average molecular weight is 289 g/mol. The van der Waals surface area contributed by atoms with Gasteiger partial charge in [-0.15, -0.1) is 0 Å². The van der Waals surface area contributed by atoms with E-state index in [-0.39, 0.29) is 4.90 Å². The Morgan fingerprint density at radius 1 is 1.15 bits per heavy atom. The monoisotopic (exact) mass is 289 g/mol. The minimum absolute atomic E-state index is 0.174. The Bertz CT molecular complexity index is 722. The number of anilines is 1. The summed E-state index contributed by atoms with van der Waals surface area (Å²) < 4.78 is 23.9. The number of hydrogen-bond acceptors (Lipinski definition) is 4. The van der Waals surface area contributed by atoms with E-state index >= 15 is 0 Å². The molecule has 0 amide bonds. The summed E-state index contributed by atoms with van der Waals surface area (Å²) in [7, 11) is -3.64. The SMILES string of the molecule is Cc1ccc(S(=O)(=O)N/N=C/c2cccc(N)c2)cc1. The van der Waals surface area contributed by atoms with Crippen LogP contribution in [0.1, 0.15) is 11.1 Å². The fraction of sp³-hybridized carbons (Fsp3) is 0.0714. The Balaban J connectivity index is 2.11. The highest BCUT2D eigenvalue weighted by molar-refractivity contribution is 7.89. The lowest BCUT2D eigenvalue weighted by Crippen LogP contribution is -2.18. The number of hydrogen-bond donors (Lipinski definition) is 2. The summed E-state index contributed by atoms with van der Waals surface area (Å²) in [5.41, 5.74) is 7.93. The second-order valence-corrected chi connectivity index (χ2v) is 6.00. The molecule has 0 spiro atoms. The highest BCUT2D eigenvalue weighted by atomic mass is 32.2. The first-order valence-corrected chi connectivity index (χ1v) is 7.43. The van der Waals surface area contributed by atoms with E-state index < -0.39 is 10.0 Å². The first-order valence-electron chi connectivity index (χ1n) is 5.94. The van der Waals surface area contributed by atoms with Crippen molar-refractivity contribution in [3.63, 3.8) is 0 Å². The topological polar surface area (TPSA) is 84.5 Å². The molecule has 0 unspecified atom stereocenters. The zero-order valence-electron chi connectivity index (χ0n) is 10.9. The van der Waals surface area contributed by atoms with Gasteiger partial charge in [-0.25, -0.2) is 4.83 Å². The van der Waals surface area contributed by atoms with Crippen LogP contribution in [0.5, 0.6) is 0 Å². The Labute approximate surface area is 118 Å². The zero-order chi connectivity index (χ0) is 14.6. The van der Waals surface area contributed by atoms with Gasteiger partial charge in [0.05, 0.1) is 11.1 Å². The van der Waals surface area contributed by atoms with Gasteiger partial charge in [0.25, 0.3) is 10.0 Å². The molecule has 2 aromatic carbocycles. The van der Waals surface area contributed by atoms with Gasteiger partial charge in [0.1, 0.15) is 0 Å². The molecule has 104 valence electrons. The highest BCUT2D eigenvalue weighted by Gasteiger charge is 2.11. The summed E-state index contributed by atoms with van der Waals surface area (Å²) in [6, 6.07) is 13.5. The number of hydrazone groups is 1. The van der Waals surface area contributed by atoms with E-state index in [9.17, 15) is 8.42 Å². The predicted molar refractivity (Wildman–Crippen MR) is 79.9 cm³/mol. The number of benzene rings is 2. The molecule has 20 heavy (non-hydrogen) atoms. The molecule has 0 aliphatic rings. The number of sulfonamides is 1. The molecule has 6 heteroatoms. The van der Waals surface area contributed by atoms with E-state index in [1.165, 1.54) is 18.3 Å². The number of aryl methyl sites for hydroxylation is 1. The van der Waals surface area contributed by atoms with Crippen molar-refractivity contribution >= 4 is 21.9 Å². The second-order valence-electron chi connectivity index (χ2n) is 4.34. The average Bonchev–Trinajstić information content (AvgIpc) is 2.39. The minimum Gasteiger partial charge on any atom is -0.399 e. The lowest BCUT2D eigenvalue weighted by Gasteiger charge is -2.03. The molecule has 0 aromatic heterocycles. The fourth-order valence-corrected chi connectivity index (χ4v) is 2.37. The molecule has 3 N–H and O–H groups in total. The largest absolute Gasteiger partial charge is 0.399 e. The molecule has 0 radical (unpaired) electrons. The highest BCUT2D eigenvalue weighted by Crippen LogP contribution is 2.09. The summed E-state index contributed by atoms with van der Waals surface area (Å²) in [6.07, 6.45) is 1.40. The van der Waals surface area contributed by atoms with Crippen LogP contribution >= 0.6 is 0 Å². The smallest absolute Gasteiger partial charge is 0.276 e. The van der Waals surface area contributed by atoms with Crippen LogP contribution in [-0.4, -0.2) is 14.6 Å². The number of nitrogens with two attached hydrogens (primary N) is 1. The van der Waals surface area contributed by atoms with Crippen molar-refractivity contribution in [2.75, 3.05) is 5.73 Å². The summed E-state index contributed by atoms with van der Waals surface area (Å²) in [6.45, 7) is 1.89. The van der Waals surface area contributed by atoms with E-state index in [2.05, 4.69) is 9.93 Å². The van der Waals surface area contributed by atoms with E-state index in [1.807, 2.05) is 6.92 Å². The van der Waals surface area contributed by atoms with Gasteiger partial charge in [0, 0.05) is 5.69 Å². The van der Waals surface area contributed by atoms with Crippen LogP contribution in [0.3, 0.4) is 0 Å². The number of nitrogen functional groups attached to an aromatic ring is 1. The first-order chi connectivity index (χ1) is 9.47. The van der Waals surface area contributed by atoms with Crippen LogP contribution in [-0.2, 0) is 10.0 Å². The number of rotatable bonds is 4. The van der Waals surface area contributed by atoms with Crippen molar-refractivity contribution in [3.05, 3.63) is 59.7 Å². The molecule has 2 rings (SSSR count). The Hall–Kier alpha value is -2.34. The molecule has 0 aliphatic heterocycles. The van der Waals surface area contributed by atoms with Crippen molar-refractivity contribution in [1.82, 2.24) is 4.83 Å². The molecule has 0 heterocycles. The van der Waals surface area contributed by atoms with Crippen LogP contribution in [0.2, 0.25) is 0 Å². The standard InChI is InChI=1S/C14H15N3O2S/c1-11-5-7-14(8-6-11)20(18,19)17-16-10-12-3-2-4-13(15)9-12/h2-10,17H,15H2,1H3/b16-10+. The molecular weight excluding hydrogens is 274 g/mol. The van der Waals surface area contributed by atoms with Gasteiger partial charge >= 0.3 is 0 Å². The van der Waals surface area contributed by atoms with E-state index in [0.717, 1.165) is 11.1 Å². The Morgan fingerprint density at radius 2 is 1.85 bits per heavy atom. The first kappa shape index (κ1) is 14.1. The van der Waals surface area contributed by atoms with Crippen LogP contribution < -0.4 is 10.6 Å². The van der Waals surface area contributed by atoms with Crippen molar-refractivity contribution < 1.29 is 8.42 Å². The molecule has 0 saturated heterocycles. The van der Waals surface area contributed by atoms with Gasteiger partial charge in [-0.2, -0.15) is 13.5 Å². The third-order valence-electron chi connectivity index (χ3n) is 2.63. The van der Waals surface area contributed by atoms with Crippen molar-refractivity contribution in [3.8, 4) is 0 Å². The van der Waals surface area contributed by atoms with Gasteiger partial charge < -0.3 is 5.73 Å². The van der Waals surface area contributed by atoms with Crippen molar-refractivity contribution in [1.29, 1.82) is 0 Å². The van der Waals surface area contributed by atoms with Gasteiger partial charge in [-0.05, 0) is 36.8 Å². The normalized spacial score (nSPS) is 11.7. The van der Waals surface area contributed by atoms with Gasteiger partial charge in [0.15, 0.2) is 0 Å². The molecule has 0 saturated carbocycles. The lowest BCUT2D eigenvalue weighted by atomic mass is 10.2. The molecule has 5 nitrogen and oxygen atoms in total. The number of nitrogens with zero attached hydrogens (tertiary/aromatic N) is 1. The van der Waals surface area contributed by atoms with E-state index in [1.54, 1.807) is 36.4 Å². The lowest BCUT2D eigenvalue weighted by molar-refractivity contribution is 0.584. The molecular formula is C14H15N3O2S. The molecule has 0 aliphatic carbocycles. The summed E-state index contributed by atoms with van der Waals surface area (Å²) in [4.78, 5) is 2.34. The molecule has 0 atom stereocenters. The van der Waals surface area contributed by atoms with Gasteiger partial charge in [0.2, 0.25) is 0 Å².